The van der Waals surface area contributed by atoms with E-state index in [1.54, 1.807) is 0 Å². The van der Waals surface area contributed by atoms with E-state index in [4.69, 9.17) is 0 Å². The van der Waals surface area contributed by atoms with Crippen LogP contribution in [-0.2, 0) is 14.9 Å². The topological polar surface area (TPSA) is 86.3 Å². The van der Waals surface area contributed by atoms with Gasteiger partial charge < -0.3 is 9.87 Å². The van der Waals surface area contributed by atoms with E-state index in [2.05, 4.69) is 12.2 Å². The molecule has 0 radical (unpaired) electrons. The molecule has 0 aliphatic rings. The first-order valence-electron chi connectivity index (χ1n) is 5.11. The SMILES string of the molecule is CCCCCC(=O)CNCCS(=O)(=O)[O-].[Na+]. The van der Waals surface area contributed by atoms with Crippen molar-refractivity contribution in [2.45, 2.75) is 32.6 Å². The molecular formula is C9H18NNaO4S. The molecule has 0 aromatic rings. The van der Waals surface area contributed by atoms with E-state index in [0.29, 0.717) is 6.42 Å². The molecule has 0 fully saturated rings. The molecule has 0 aliphatic heterocycles. The van der Waals surface area contributed by atoms with Gasteiger partial charge in [0.1, 0.15) is 5.78 Å². The van der Waals surface area contributed by atoms with Gasteiger partial charge in [-0.05, 0) is 6.42 Å². The molecule has 0 aromatic heterocycles. The van der Waals surface area contributed by atoms with E-state index < -0.39 is 15.9 Å². The second-order valence-electron chi connectivity index (χ2n) is 3.43. The maximum absolute atomic E-state index is 11.2. The van der Waals surface area contributed by atoms with E-state index in [0.717, 1.165) is 19.3 Å². The molecule has 0 atom stereocenters. The molecule has 0 saturated heterocycles. The first-order valence-corrected chi connectivity index (χ1v) is 6.69. The zero-order valence-corrected chi connectivity index (χ0v) is 12.8. The van der Waals surface area contributed by atoms with E-state index in [-0.39, 0.29) is 48.4 Å². The van der Waals surface area contributed by atoms with Crippen LogP contribution in [0.1, 0.15) is 32.6 Å². The van der Waals surface area contributed by atoms with Crippen molar-refractivity contribution in [1.29, 1.82) is 0 Å². The third-order valence-electron chi connectivity index (χ3n) is 1.91. The molecule has 0 rings (SSSR count). The molecule has 0 heterocycles. The minimum atomic E-state index is -4.17. The van der Waals surface area contributed by atoms with Gasteiger partial charge >= 0.3 is 29.6 Å². The van der Waals surface area contributed by atoms with Crippen LogP contribution in [-0.4, -0.2) is 37.6 Å². The Kier molecular flexibility index (Phi) is 12.6. The Hall–Kier alpha value is 0.540. The molecule has 0 bridgehead atoms. The van der Waals surface area contributed by atoms with Crippen LogP contribution in [0.5, 0.6) is 0 Å². The summed E-state index contributed by atoms with van der Waals surface area (Å²) < 4.78 is 30.6. The summed E-state index contributed by atoms with van der Waals surface area (Å²) in [5.41, 5.74) is 0. The van der Waals surface area contributed by atoms with Crippen LogP contribution >= 0.6 is 0 Å². The molecule has 0 amide bonds. The van der Waals surface area contributed by atoms with Crippen molar-refractivity contribution in [3.8, 4) is 0 Å². The fourth-order valence-electron chi connectivity index (χ4n) is 1.09. The Bertz CT molecular complexity index is 279. The fraction of sp³-hybridized carbons (Fsp3) is 0.889. The minimum Gasteiger partial charge on any atom is -0.748 e. The number of ketones is 1. The normalized spacial score (nSPS) is 10.9. The molecule has 0 spiro atoms. The van der Waals surface area contributed by atoms with Gasteiger partial charge in [-0.25, -0.2) is 8.42 Å². The molecule has 0 aromatic carbocycles. The molecule has 1 N–H and O–H groups in total. The summed E-state index contributed by atoms with van der Waals surface area (Å²) in [5.74, 6) is -0.401. The largest absolute Gasteiger partial charge is 1.00 e. The Morgan fingerprint density at radius 1 is 1.31 bits per heavy atom. The Labute approximate surface area is 119 Å². The van der Waals surface area contributed by atoms with Gasteiger partial charge in [0.25, 0.3) is 0 Å². The third kappa shape index (κ3) is 14.5. The van der Waals surface area contributed by atoms with Gasteiger partial charge in [0.2, 0.25) is 0 Å². The number of Topliss-reactive ketones (excluding diaryl/α,β-unsaturated/α-hetero) is 1. The molecule has 0 aliphatic carbocycles. The van der Waals surface area contributed by atoms with Crippen LogP contribution in [0, 0.1) is 0 Å². The Balaban J connectivity index is 0. The maximum atomic E-state index is 11.2. The number of nitrogens with one attached hydrogen (secondary N) is 1. The second-order valence-corrected chi connectivity index (χ2v) is 4.96. The summed E-state index contributed by atoms with van der Waals surface area (Å²) >= 11 is 0. The Morgan fingerprint density at radius 3 is 2.44 bits per heavy atom. The van der Waals surface area contributed by atoms with Crippen molar-refractivity contribution in [2.75, 3.05) is 18.8 Å². The number of carbonyl (C=O) groups is 1. The molecule has 0 saturated carbocycles. The van der Waals surface area contributed by atoms with Crippen LogP contribution < -0.4 is 34.9 Å². The van der Waals surface area contributed by atoms with E-state index in [9.17, 15) is 17.8 Å². The van der Waals surface area contributed by atoms with Gasteiger partial charge in [0, 0.05) is 13.0 Å². The van der Waals surface area contributed by atoms with Crippen LogP contribution in [0.15, 0.2) is 0 Å². The predicted octanol–water partition coefficient (Wildman–Crippen LogP) is -2.73. The average molecular weight is 259 g/mol. The zero-order valence-electron chi connectivity index (χ0n) is 9.99. The van der Waals surface area contributed by atoms with E-state index in [1.807, 2.05) is 0 Å². The number of rotatable bonds is 9. The fourth-order valence-corrected chi connectivity index (χ4v) is 1.48. The van der Waals surface area contributed by atoms with Gasteiger partial charge in [-0.15, -0.1) is 0 Å². The summed E-state index contributed by atoms with van der Waals surface area (Å²) in [6.45, 7) is 2.26. The predicted molar refractivity (Wildman–Crippen MR) is 56.6 cm³/mol. The molecule has 16 heavy (non-hydrogen) atoms. The van der Waals surface area contributed by atoms with E-state index in [1.165, 1.54) is 0 Å². The number of unbranched alkanes of at least 4 members (excludes halogenated alkanes) is 2. The van der Waals surface area contributed by atoms with Crippen molar-refractivity contribution >= 4 is 15.9 Å². The molecule has 90 valence electrons. The van der Waals surface area contributed by atoms with Gasteiger partial charge in [-0.2, -0.15) is 0 Å². The second kappa shape index (κ2) is 10.7. The zero-order chi connectivity index (χ0) is 11.7. The van der Waals surface area contributed by atoms with Crippen molar-refractivity contribution in [3.63, 3.8) is 0 Å². The molecule has 7 heteroatoms. The first kappa shape index (κ1) is 18.9. The van der Waals surface area contributed by atoms with Crippen LogP contribution in [0.3, 0.4) is 0 Å². The summed E-state index contributed by atoms with van der Waals surface area (Å²) in [6, 6.07) is 0. The summed E-state index contributed by atoms with van der Waals surface area (Å²) in [5, 5.41) is 2.64. The van der Waals surface area contributed by atoms with Crippen molar-refractivity contribution < 1.29 is 47.3 Å². The van der Waals surface area contributed by atoms with E-state index >= 15 is 0 Å². The van der Waals surface area contributed by atoms with Gasteiger partial charge in [-0.1, -0.05) is 19.8 Å². The van der Waals surface area contributed by atoms with Crippen molar-refractivity contribution in [3.05, 3.63) is 0 Å². The van der Waals surface area contributed by atoms with Crippen LogP contribution in [0.25, 0.3) is 0 Å². The summed E-state index contributed by atoms with van der Waals surface area (Å²) in [7, 11) is -4.17. The summed E-state index contributed by atoms with van der Waals surface area (Å²) in [4.78, 5) is 11.2. The standard InChI is InChI=1S/C9H19NO4S.Na/c1-2-3-4-5-9(11)8-10-6-7-15(12,13)14;/h10H,2-8H2,1H3,(H,12,13,14);/q;+1/p-1. The van der Waals surface area contributed by atoms with Gasteiger partial charge in [-0.3, -0.25) is 4.79 Å². The third-order valence-corrected chi connectivity index (χ3v) is 2.61. The van der Waals surface area contributed by atoms with Gasteiger partial charge in [0.15, 0.2) is 0 Å². The molecule has 5 nitrogen and oxygen atoms in total. The van der Waals surface area contributed by atoms with Gasteiger partial charge in [0.05, 0.1) is 22.4 Å². The average Bonchev–Trinajstić information content (AvgIpc) is 2.11. The van der Waals surface area contributed by atoms with Crippen LogP contribution in [0.2, 0.25) is 0 Å². The first-order chi connectivity index (χ1) is 6.95. The summed E-state index contributed by atoms with van der Waals surface area (Å²) in [6.07, 6.45) is 3.48. The smallest absolute Gasteiger partial charge is 0.748 e. The minimum absolute atomic E-state index is 0. The molecular weight excluding hydrogens is 241 g/mol. The quantitative estimate of drug-likeness (QED) is 0.276. The number of hydrogen-bond donors (Lipinski definition) is 1. The van der Waals surface area contributed by atoms with Crippen LogP contribution in [0.4, 0.5) is 0 Å². The molecule has 0 unspecified atom stereocenters. The monoisotopic (exact) mass is 259 g/mol. The Morgan fingerprint density at radius 2 is 1.94 bits per heavy atom. The number of hydrogen-bond acceptors (Lipinski definition) is 5. The van der Waals surface area contributed by atoms with Crippen molar-refractivity contribution in [2.24, 2.45) is 0 Å². The number of carbonyl (C=O) groups excluding carboxylic acids is 1. The van der Waals surface area contributed by atoms with Crippen molar-refractivity contribution in [1.82, 2.24) is 5.32 Å². The maximum Gasteiger partial charge on any atom is 1.00 e.